The number of nitrogens with zero attached hydrogens (tertiary/aromatic N) is 3. The van der Waals surface area contributed by atoms with Gasteiger partial charge in [-0.3, -0.25) is 9.59 Å². The van der Waals surface area contributed by atoms with E-state index in [1.807, 2.05) is 6.07 Å². The number of fused-ring (bicyclic) bond motifs is 1. The molecule has 0 radical (unpaired) electrons. The lowest BCUT2D eigenvalue weighted by molar-refractivity contribution is -0.118. The van der Waals surface area contributed by atoms with E-state index in [4.69, 9.17) is 23.2 Å². The lowest BCUT2D eigenvalue weighted by Gasteiger charge is -2.13. The molecule has 0 fully saturated rings. The van der Waals surface area contributed by atoms with Crippen molar-refractivity contribution in [3.8, 4) is 0 Å². The first kappa shape index (κ1) is 20.1. The maximum absolute atomic E-state index is 12.5. The Morgan fingerprint density at radius 2 is 2.00 bits per heavy atom. The van der Waals surface area contributed by atoms with E-state index in [1.54, 1.807) is 35.9 Å². The van der Waals surface area contributed by atoms with Crippen LogP contribution in [0.5, 0.6) is 0 Å². The zero-order chi connectivity index (χ0) is 20.3. The molecule has 1 aromatic carbocycles. The number of amides is 1. The Balaban J connectivity index is 1.88. The number of hydrogen-bond donors (Lipinski definition) is 2. The maximum Gasteiger partial charge on any atom is 0.272 e. The molecular formula is C19H19Cl2N5O2. The Hall–Kier alpha value is -2.64. The number of nitrogens with one attached hydrogen (secondary N) is 2. The van der Waals surface area contributed by atoms with Gasteiger partial charge in [0, 0.05) is 32.6 Å². The number of hydrogen-bond acceptors (Lipinski definition) is 5. The van der Waals surface area contributed by atoms with E-state index < -0.39 is 0 Å². The second kappa shape index (κ2) is 8.58. The van der Waals surface area contributed by atoms with Gasteiger partial charge in [0.05, 0.1) is 21.8 Å². The fourth-order valence-corrected chi connectivity index (χ4v) is 3.10. The monoisotopic (exact) mass is 419 g/mol. The summed E-state index contributed by atoms with van der Waals surface area (Å²) in [6.45, 7) is 4.28. The second-order valence-electron chi connectivity index (χ2n) is 6.30. The van der Waals surface area contributed by atoms with Crippen LogP contribution in [-0.2, 0) is 17.9 Å². The normalized spacial score (nSPS) is 10.9. The molecule has 0 aliphatic carbocycles. The van der Waals surface area contributed by atoms with Crippen LogP contribution in [0.2, 0.25) is 10.0 Å². The fraction of sp³-hybridized carbons (Fsp3) is 0.263. The van der Waals surface area contributed by atoms with Gasteiger partial charge < -0.3 is 15.2 Å². The summed E-state index contributed by atoms with van der Waals surface area (Å²) in [4.78, 5) is 32.3. The molecule has 2 N–H and O–H groups in total. The van der Waals surface area contributed by atoms with Crippen LogP contribution in [0, 0.1) is 6.92 Å². The number of anilines is 1. The molecular weight excluding hydrogens is 401 g/mol. The highest BCUT2D eigenvalue weighted by Crippen LogP contribution is 2.23. The third-order valence-corrected chi connectivity index (χ3v) is 4.90. The van der Waals surface area contributed by atoms with E-state index in [0.29, 0.717) is 52.2 Å². The Morgan fingerprint density at radius 3 is 2.71 bits per heavy atom. The van der Waals surface area contributed by atoms with Gasteiger partial charge in [0.1, 0.15) is 17.0 Å². The predicted molar refractivity (Wildman–Crippen MR) is 111 cm³/mol. The van der Waals surface area contributed by atoms with Crippen LogP contribution in [0.1, 0.15) is 18.2 Å². The van der Waals surface area contributed by atoms with Gasteiger partial charge in [0.2, 0.25) is 5.91 Å². The van der Waals surface area contributed by atoms with Crippen molar-refractivity contribution >= 4 is 46.0 Å². The molecule has 0 saturated carbocycles. The third kappa shape index (κ3) is 4.61. The molecule has 0 unspecified atom stereocenters. The fourth-order valence-electron chi connectivity index (χ4n) is 2.78. The number of aromatic nitrogens is 3. The van der Waals surface area contributed by atoms with Crippen LogP contribution >= 0.6 is 23.2 Å². The molecule has 1 amide bonds. The lowest BCUT2D eigenvalue weighted by atomic mass is 10.2. The van der Waals surface area contributed by atoms with Crippen molar-refractivity contribution in [2.75, 3.05) is 11.9 Å². The minimum absolute atomic E-state index is 0.145. The van der Waals surface area contributed by atoms with E-state index in [2.05, 4.69) is 20.6 Å². The number of carbonyl (C=O) groups is 1. The molecule has 2 heterocycles. The third-order valence-electron chi connectivity index (χ3n) is 4.16. The van der Waals surface area contributed by atoms with Crippen molar-refractivity contribution in [2.45, 2.75) is 26.9 Å². The summed E-state index contributed by atoms with van der Waals surface area (Å²) in [6, 6.07) is 7.16. The van der Waals surface area contributed by atoms with Gasteiger partial charge in [0.15, 0.2) is 0 Å². The molecule has 0 atom stereocenters. The summed E-state index contributed by atoms with van der Waals surface area (Å²) in [5.74, 6) is 0.450. The average molecular weight is 420 g/mol. The molecule has 0 spiro atoms. The van der Waals surface area contributed by atoms with Gasteiger partial charge >= 0.3 is 0 Å². The predicted octanol–water partition coefficient (Wildman–Crippen LogP) is 3.15. The van der Waals surface area contributed by atoms with Crippen molar-refractivity contribution in [1.82, 2.24) is 19.9 Å². The van der Waals surface area contributed by atoms with Gasteiger partial charge in [-0.25, -0.2) is 9.97 Å². The molecule has 3 rings (SSSR count). The van der Waals surface area contributed by atoms with Crippen LogP contribution in [0.4, 0.5) is 5.82 Å². The van der Waals surface area contributed by atoms with Gasteiger partial charge in [-0.05, 0) is 24.6 Å². The van der Waals surface area contributed by atoms with Crippen molar-refractivity contribution in [2.24, 2.45) is 0 Å². The van der Waals surface area contributed by atoms with E-state index in [9.17, 15) is 9.59 Å². The molecule has 146 valence electrons. The zero-order valence-electron chi connectivity index (χ0n) is 15.4. The van der Waals surface area contributed by atoms with Gasteiger partial charge in [0.25, 0.3) is 5.56 Å². The first-order chi connectivity index (χ1) is 13.3. The zero-order valence-corrected chi connectivity index (χ0v) is 16.9. The van der Waals surface area contributed by atoms with Crippen molar-refractivity contribution in [3.63, 3.8) is 0 Å². The molecule has 3 aromatic rings. The smallest absolute Gasteiger partial charge is 0.272 e. The summed E-state index contributed by atoms with van der Waals surface area (Å²) < 4.78 is 1.60. The number of halogens is 2. The number of pyridine rings is 1. The minimum Gasteiger partial charge on any atom is -0.366 e. The Bertz CT molecular complexity index is 1100. The van der Waals surface area contributed by atoms with Crippen LogP contribution in [-0.4, -0.2) is 27.0 Å². The maximum atomic E-state index is 12.5. The molecule has 0 aliphatic heterocycles. The number of carbonyl (C=O) groups excluding carboxylic acids is 1. The quantitative estimate of drug-likeness (QED) is 0.640. The minimum atomic E-state index is -0.195. The summed E-state index contributed by atoms with van der Waals surface area (Å²) in [7, 11) is 0. The van der Waals surface area contributed by atoms with E-state index >= 15 is 0 Å². The molecule has 2 aromatic heterocycles. The first-order valence-corrected chi connectivity index (χ1v) is 9.40. The summed E-state index contributed by atoms with van der Waals surface area (Å²) in [5.41, 5.74) is 2.39. The highest BCUT2D eigenvalue weighted by Gasteiger charge is 2.10. The Morgan fingerprint density at radius 1 is 1.21 bits per heavy atom. The molecule has 28 heavy (non-hydrogen) atoms. The van der Waals surface area contributed by atoms with Crippen molar-refractivity contribution in [1.29, 1.82) is 0 Å². The summed E-state index contributed by atoms with van der Waals surface area (Å²) >= 11 is 12.0. The van der Waals surface area contributed by atoms with E-state index in [0.717, 1.165) is 5.56 Å². The van der Waals surface area contributed by atoms with Crippen LogP contribution < -0.4 is 16.2 Å². The molecule has 7 nitrogen and oxygen atoms in total. The molecule has 0 saturated heterocycles. The largest absolute Gasteiger partial charge is 0.366 e. The van der Waals surface area contributed by atoms with Crippen LogP contribution in [0.3, 0.4) is 0 Å². The molecule has 0 bridgehead atoms. The van der Waals surface area contributed by atoms with Gasteiger partial charge in [-0.1, -0.05) is 29.3 Å². The summed E-state index contributed by atoms with van der Waals surface area (Å²) in [6.07, 6.45) is 1.62. The lowest BCUT2D eigenvalue weighted by Crippen LogP contribution is -2.31. The van der Waals surface area contributed by atoms with Gasteiger partial charge in [-0.2, -0.15) is 0 Å². The SMILES string of the molecule is CC(=O)NCCn1c(=O)c(C)nc2cnc(NCc3ccc(Cl)c(Cl)c3)cc21. The number of benzene rings is 1. The standard InChI is InChI=1S/C19H19Cl2N5O2/c1-11-19(28)26(6-5-22-12(2)27)17-8-18(24-10-16(17)25-11)23-9-13-3-4-14(20)15(21)7-13/h3-4,7-8,10H,5-6,9H2,1-2H3,(H,22,27)(H,23,24). The van der Waals surface area contributed by atoms with E-state index in [-0.39, 0.29) is 11.5 Å². The van der Waals surface area contributed by atoms with Gasteiger partial charge in [-0.15, -0.1) is 0 Å². The van der Waals surface area contributed by atoms with Crippen molar-refractivity contribution < 1.29 is 4.79 Å². The van der Waals surface area contributed by atoms with Crippen LogP contribution in [0.15, 0.2) is 35.3 Å². The second-order valence-corrected chi connectivity index (χ2v) is 7.11. The highest BCUT2D eigenvalue weighted by atomic mass is 35.5. The summed E-state index contributed by atoms with van der Waals surface area (Å²) in [5, 5.41) is 6.90. The van der Waals surface area contributed by atoms with E-state index in [1.165, 1.54) is 6.92 Å². The first-order valence-electron chi connectivity index (χ1n) is 8.64. The average Bonchev–Trinajstić information content (AvgIpc) is 2.65. The Kier molecular flexibility index (Phi) is 6.16. The Labute approximate surface area is 171 Å². The number of aryl methyl sites for hydroxylation is 1. The topological polar surface area (TPSA) is 88.9 Å². The van der Waals surface area contributed by atoms with Crippen LogP contribution in [0.25, 0.3) is 11.0 Å². The molecule has 0 aliphatic rings. The number of rotatable bonds is 6. The highest BCUT2D eigenvalue weighted by molar-refractivity contribution is 6.42. The molecule has 9 heteroatoms. The van der Waals surface area contributed by atoms with Crippen molar-refractivity contribution in [3.05, 3.63) is 62.1 Å².